The highest BCUT2D eigenvalue weighted by atomic mass is 79.9. The molecular weight excluding hydrogens is 820 g/mol. The third-order valence-corrected chi connectivity index (χ3v) is 11.9. The summed E-state index contributed by atoms with van der Waals surface area (Å²) in [5.41, 5.74) is 6.13. The van der Waals surface area contributed by atoms with Gasteiger partial charge in [0.25, 0.3) is 5.69 Å². The third-order valence-electron chi connectivity index (χ3n) is 6.25. The van der Waals surface area contributed by atoms with Crippen LogP contribution in [0.15, 0.2) is 74.5 Å². The van der Waals surface area contributed by atoms with Gasteiger partial charge in [-0.25, -0.2) is 39.8 Å². The summed E-state index contributed by atoms with van der Waals surface area (Å²) < 4.78 is 85.3. The number of nitro groups is 1. The molecule has 0 spiro atoms. The lowest BCUT2D eigenvalue weighted by Gasteiger charge is -2.25. The molecule has 0 saturated heterocycles. The molecule has 0 aliphatic heterocycles. The first-order valence-electron chi connectivity index (χ1n) is 14.3. The maximum Gasteiger partial charge on any atom is 0.289 e. The second-order valence-corrected chi connectivity index (χ2v) is 19.9. The van der Waals surface area contributed by atoms with Crippen LogP contribution in [0.3, 0.4) is 0 Å². The van der Waals surface area contributed by atoms with Crippen LogP contribution in [-0.2, 0) is 32.0 Å². The molecule has 0 fully saturated rings. The molecule has 18 heteroatoms. The van der Waals surface area contributed by atoms with Crippen molar-refractivity contribution in [2.45, 2.75) is 68.0 Å². The van der Waals surface area contributed by atoms with Crippen molar-refractivity contribution in [2.75, 3.05) is 13.1 Å². The average molecular weight is 860 g/mol. The smallest absolute Gasteiger partial charge is 0.289 e. The summed E-state index contributed by atoms with van der Waals surface area (Å²) in [5, 5.41) is 11.2. The molecule has 3 aromatic rings. The highest BCUT2D eigenvalue weighted by Gasteiger charge is 2.29. The normalized spacial score (nSPS) is 14.7. The topological polar surface area (TPSA) is 174 Å². The number of nitrogens with zero attached hydrogens (tertiary/aromatic N) is 1. The minimum atomic E-state index is -4.27. The first kappa shape index (κ1) is 42.1. The highest BCUT2D eigenvalue weighted by Crippen LogP contribution is 2.26. The number of nitro benzene ring substituents is 1. The van der Waals surface area contributed by atoms with Crippen LogP contribution in [0.4, 0.5) is 14.5 Å². The van der Waals surface area contributed by atoms with E-state index in [1.807, 2.05) is 20.8 Å². The molecule has 0 bridgehead atoms. The number of nitrogens with two attached hydrogens (primary N) is 1. The molecule has 0 aromatic heterocycles. The largest absolute Gasteiger partial charge is 0.329 e. The van der Waals surface area contributed by atoms with Crippen molar-refractivity contribution < 1.29 is 30.5 Å². The Morgan fingerprint density at radius 1 is 0.833 bits per heavy atom. The summed E-state index contributed by atoms with van der Waals surface area (Å²) in [6, 6.07) is 12.3. The van der Waals surface area contributed by atoms with E-state index in [1.54, 1.807) is 32.9 Å². The Hall–Kier alpha value is -2.03. The first-order valence-corrected chi connectivity index (χ1v) is 19.6. The fraction of sp³-hybridized carbons (Fsp3) is 0.400. The summed E-state index contributed by atoms with van der Waals surface area (Å²) in [7, 11) is -7.11. The Morgan fingerprint density at radius 2 is 1.27 bits per heavy atom. The zero-order chi connectivity index (χ0) is 36.6. The Morgan fingerprint density at radius 3 is 1.69 bits per heavy atom. The van der Waals surface area contributed by atoms with Gasteiger partial charge in [-0.1, -0.05) is 44.0 Å². The molecule has 11 nitrogen and oxygen atoms in total. The Bertz CT molecular complexity index is 1710. The molecule has 3 aromatic carbocycles. The van der Waals surface area contributed by atoms with E-state index in [2.05, 4.69) is 46.0 Å². The zero-order valence-electron chi connectivity index (χ0n) is 27.1. The predicted octanol–water partition coefficient (Wildman–Crippen LogP) is 6.21. The molecule has 0 aliphatic carbocycles. The minimum Gasteiger partial charge on any atom is -0.329 e. The summed E-state index contributed by atoms with van der Waals surface area (Å²) >= 11 is 6.41. The van der Waals surface area contributed by atoms with E-state index in [9.17, 15) is 35.7 Å². The second-order valence-electron chi connectivity index (χ2n) is 12.3. The maximum absolute atomic E-state index is 13.9. The number of rotatable bonds is 12. The predicted molar refractivity (Wildman–Crippen MR) is 193 cm³/mol. The van der Waals surface area contributed by atoms with Crippen LogP contribution in [0.2, 0.25) is 0 Å². The monoisotopic (exact) mass is 857 g/mol. The van der Waals surface area contributed by atoms with E-state index in [4.69, 9.17) is 5.73 Å². The lowest BCUT2D eigenvalue weighted by Crippen LogP contribution is -2.41. The van der Waals surface area contributed by atoms with Gasteiger partial charge in [-0.15, -0.1) is 0 Å². The van der Waals surface area contributed by atoms with E-state index in [0.29, 0.717) is 20.1 Å². The number of nitrogens with one attached hydrogen (secondary N) is 3. The molecule has 0 heterocycles. The van der Waals surface area contributed by atoms with E-state index in [0.717, 1.165) is 12.1 Å². The SMILES string of the molecule is CC(C)(C)[S@](=O)N[C@H](CN)c1cc(F)cc(Br)c1.CC(C)(C)[S@](=O)N[C@H](CNS(=O)(=O)c1ccccc1[N+](=O)[O-])c1cc(F)cc(Br)c1. The van der Waals surface area contributed by atoms with Crippen molar-refractivity contribution in [3.8, 4) is 0 Å². The van der Waals surface area contributed by atoms with Crippen LogP contribution in [-0.4, -0.2) is 44.3 Å². The third kappa shape index (κ3) is 13.0. The van der Waals surface area contributed by atoms with Crippen molar-refractivity contribution >= 4 is 69.5 Å². The molecule has 0 aliphatic rings. The van der Waals surface area contributed by atoms with Gasteiger partial charge in [0.15, 0.2) is 4.90 Å². The molecule has 0 saturated carbocycles. The van der Waals surface area contributed by atoms with E-state index >= 15 is 0 Å². The van der Waals surface area contributed by atoms with Gasteiger partial charge in [0.1, 0.15) is 11.6 Å². The number of hydrogen-bond acceptors (Lipinski definition) is 7. The number of halogens is 4. The number of benzene rings is 3. The standard InChI is InChI=1S/C18H21BrFN3O5S2.C12H18BrFN2OS/c1-18(2,3)29(26)22-15(12-8-13(19)10-14(20)9-12)11-21-30(27,28)17-7-5-4-6-16(17)23(24)25;1-12(2,3)18(17)16-11(7-15)8-4-9(13)6-10(14)5-8/h4-10,15,21-22H,11H2,1-3H3;4-6,11,16H,7,15H2,1-3H3/t15-,29+;11-,18+/m11/s1. The summed E-state index contributed by atoms with van der Waals surface area (Å²) in [6.07, 6.45) is 0. The molecule has 3 rings (SSSR count). The van der Waals surface area contributed by atoms with Crippen LogP contribution in [0, 0.1) is 21.7 Å². The fourth-order valence-electron chi connectivity index (χ4n) is 3.75. The van der Waals surface area contributed by atoms with Crippen LogP contribution < -0.4 is 19.9 Å². The Balaban J connectivity index is 0.000000379. The maximum atomic E-state index is 13.9. The summed E-state index contributed by atoms with van der Waals surface area (Å²) in [5.74, 6) is -0.907. The van der Waals surface area contributed by atoms with E-state index in [-0.39, 0.29) is 24.9 Å². The van der Waals surface area contributed by atoms with Gasteiger partial charge < -0.3 is 5.73 Å². The highest BCUT2D eigenvalue weighted by molar-refractivity contribution is 9.10. The quantitative estimate of drug-likeness (QED) is 0.124. The Labute approximate surface area is 301 Å². The summed E-state index contributed by atoms with van der Waals surface area (Å²) in [4.78, 5) is 9.89. The molecule has 48 heavy (non-hydrogen) atoms. The van der Waals surface area contributed by atoms with Crippen LogP contribution >= 0.6 is 31.9 Å². The number of sulfonamides is 1. The van der Waals surface area contributed by atoms with Crippen molar-refractivity contribution in [1.29, 1.82) is 0 Å². The molecule has 0 amide bonds. The molecule has 266 valence electrons. The first-order chi connectivity index (χ1) is 22.0. The average Bonchev–Trinajstić information content (AvgIpc) is 2.96. The number of hydrogen-bond donors (Lipinski definition) is 4. The van der Waals surface area contributed by atoms with Crippen molar-refractivity contribution in [2.24, 2.45) is 5.73 Å². The van der Waals surface area contributed by atoms with Gasteiger partial charge in [0.2, 0.25) is 10.0 Å². The van der Waals surface area contributed by atoms with Gasteiger partial charge >= 0.3 is 0 Å². The van der Waals surface area contributed by atoms with Gasteiger partial charge in [-0.3, -0.25) is 10.1 Å². The minimum absolute atomic E-state index is 0.248. The van der Waals surface area contributed by atoms with Crippen LogP contribution in [0.1, 0.15) is 64.8 Å². The molecule has 4 atom stereocenters. The lowest BCUT2D eigenvalue weighted by molar-refractivity contribution is -0.387. The van der Waals surface area contributed by atoms with Crippen molar-refractivity contribution in [1.82, 2.24) is 14.2 Å². The van der Waals surface area contributed by atoms with Gasteiger partial charge in [0, 0.05) is 28.1 Å². The zero-order valence-corrected chi connectivity index (χ0v) is 32.7. The van der Waals surface area contributed by atoms with Crippen molar-refractivity contribution in [3.63, 3.8) is 0 Å². The summed E-state index contributed by atoms with van der Waals surface area (Å²) in [6.45, 7) is 10.7. The molecular formula is C30H39Br2F2N5O6S3. The van der Waals surface area contributed by atoms with Gasteiger partial charge in [-0.2, -0.15) is 0 Å². The van der Waals surface area contributed by atoms with Crippen molar-refractivity contribution in [3.05, 3.63) is 102 Å². The van der Waals surface area contributed by atoms with E-state index in [1.165, 1.54) is 36.4 Å². The second kappa shape index (κ2) is 17.8. The van der Waals surface area contributed by atoms with Crippen LogP contribution in [0.5, 0.6) is 0 Å². The molecule has 0 unspecified atom stereocenters. The van der Waals surface area contributed by atoms with Crippen LogP contribution in [0.25, 0.3) is 0 Å². The number of para-hydroxylation sites is 1. The Kier molecular flexibility index (Phi) is 15.6. The van der Waals surface area contributed by atoms with E-state index < -0.39 is 68.9 Å². The fourth-order valence-corrected chi connectivity index (χ4v) is 7.61. The van der Waals surface area contributed by atoms with Gasteiger partial charge in [0.05, 0.1) is 48.5 Å². The van der Waals surface area contributed by atoms with Gasteiger partial charge in [-0.05, 0) is 95.1 Å². The molecule has 5 N–H and O–H groups in total. The molecule has 0 radical (unpaired) electrons. The lowest BCUT2D eigenvalue weighted by atomic mass is 10.1.